The van der Waals surface area contributed by atoms with Crippen LogP contribution in [0, 0.1) is 0 Å². The summed E-state index contributed by atoms with van der Waals surface area (Å²) < 4.78 is 5.67. The molecule has 0 atom stereocenters. The zero-order valence-electron chi connectivity index (χ0n) is 16.7. The minimum Gasteiger partial charge on any atom is -0.449 e. The lowest BCUT2D eigenvalue weighted by molar-refractivity contribution is 0.234. The monoisotopic (exact) mass is 422 g/mol. The lowest BCUT2D eigenvalue weighted by Gasteiger charge is -2.29. The van der Waals surface area contributed by atoms with Crippen molar-refractivity contribution < 1.29 is 4.42 Å². The van der Waals surface area contributed by atoms with Gasteiger partial charge < -0.3 is 19.6 Å². The Morgan fingerprint density at radius 2 is 2.03 bits per heavy atom. The summed E-state index contributed by atoms with van der Waals surface area (Å²) in [5.74, 6) is 0.443. The number of aromatic amines is 1. The van der Waals surface area contributed by atoms with E-state index in [1.165, 1.54) is 0 Å². The molecule has 1 fully saturated rings. The number of halogens is 1. The fourth-order valence-electron chi connectivity index (χ4n) is 4.06. The highest BCUT2D eigenvalue weighted by molar-refractivity contribution is 6.33. The van der Waals surface area contributed by atoms with Crippen molar-refractivity contribution in [2.24, 2.45) is 0 Å². The van der Waals surface area contributed by atoms with E-state index in [0.29, 0.717) is 33.6 Å². The van der Waals surface area contributed by atoms with Gasteiger partial charge in [-0.15, -0.1) is 0 Å². The van der Waals surface area contributed by atoms with Crippen LogP contribution in [-0.4, -0.2) is 41.0 Å². The van der Waals surface area contributed by atoms with Crippen molar-refractivity contribution in [3.63, 3.8) is 0 Å². The lowest BCUT2D eigenvalue weighted by Crippen LogP contribution is -2.40. The van der Waals surface area contributed by atoms with Gasteiger partial charge in [0, 0.05) is 23.5 Å². The zero-order valence-corrected chi connectivity index (χ0v) is 17.5. The molecular formula is C23H23ClN4O2. The molecule has 0 amide bonds. The number of nitrogens with one attached hydrogen (secondary N) is 2. The number of hydrogen-bond acceptors (Lipinski definition) is 5. The first kappa shape index (κ1) is 19.3. The van der Waals surface area contributed by atoms with Gasteiger partial charge in [0.1, 0.15) is 16.9 Å². The van der Waals surface area contributed by atoms with E-state index in [1.807, 2.05) is 42.5 Å². The van der Waals surface area contributed by atoms with Crippen LogP contribution in [0.3, 0.4) is 0 Å². The van der Waals surface area contributed by atoms with Crippen LogP contribution in [0.15, 0.2) is 51.7 Å². The molecule has 2 N–H and O–H groups in total. The van der Waals surface area contributed by atoms with Crippen LogP contribution in [0.25, 0.3) is 33.5 Å². The number of para-hydroxylation sites is 1. The maximum atomic E-state index is 12.6. The summed E-state index contributed by atoms with van der Waals surface area (Å²) in [5, 5.41) is 5.00. The molecule has 30 heavy (non-hydrogen) atoms. The molecule has 0 aliphatic carbocycles. The number of likely N-dealkylation sites (tertiary alicyclic amines) is 1. The lowest BCUT2D eigenvalue weighted by atomic mass is 10.0. The molecule has 0 radical (unpaired) electrons. The van der Waals surface area contributed by atoms with Crippen molar-refractivity contribution in [3.8, 4) is 11.4 Å². The summed E-state index contributed by atoms with van der Waals surface area (Å²) in [6.45, 7) is 3.02. The predicted octanol–water partition coefficient (Wildman–Crippen LogP) is 4.17. The molecular weight excluding hydrogens is 400 g/mol. The first-order valence-electron chi connectivity index (χ1n) is 10.2. The first-order chi connectivity index (χ1) is 14.6. The number of piperidine rings is 1. The molecule has 1 saturated heterocycles. The van der Waals surface area contributed by atoms with E-state index in [2.05, 4.69) is 27.2 Å². The highest BCUT2D eigenvalue weighted by Crippen LogP contribution is 2.29. The normalized spacial score (nSPS) is 15.9. The molecule has 0 bridgehead atoms. The Kier molecular flexibility index (Phi) is 5.06. The van der Waals surface area contributed by atoms with Crippen molar-refractivity contribution >= 4 is 33.7 Å². The predicted molar refractivity (Wildman–Crippen MR) is 120 cm³/mol. The topological polar surface area (TPSA) is 74.2 Å². The van der Waals surface area contributed by atoms with Crippen molar-refractivity contribution in [2.75, 3.05) is 20.1 Å². The number of aromatic nitrogens is 2. The molecule has 7 heteroatoms. The third-order valence-electron chi connectivity index (χ3n) is 5.83. The molecule has 0 unspecified atom stereocenters. The van der Waals surface area contributed by atoms with E-state index in [-0.39, 0.29) is 11.1 Å². The SMILES string of the molecule is CN1CCC(NCc2ccc(-c3nc4c(oc5ccccc54)c(=O)[nH]3)c(Cl)c2)CC1. The fraction of sp³-hybridized carbons (Fsp3) is 0.304. The van der Waals surface area contributed by atoms with Crippen molar-refractivity contribution in [1.82, 2.24) is 20.2 Å². The molecule has 1 aliphatic heterocycles. The molecule has 2 aromatic carbocycles. The van der Waals surface area contributed by atoms with Crippen LogP contribution >= 0.6 is 11.6 Å². The smallest absolute Gasteiger partial charge is 0.294 e. The second kappa shape index (κ2) is 7.87. The largest absolute Gasteiger partial charge is 0.449 e. The Balaban J connectivity index is 1.42. The van der Waals surface area contributed by atoms with E-state index in [4.69, 9.17) is 16.0 Å². The summed E-state index contributed by atoms with van der Waals surface area (Å²) in [4.78, 5) is 22.4. The standard InChI is InChI=1S/C23H23ClN4O2/c1-28-10-8-15(9-11-28)25-13-14-6-7-16(18(24)12-14)22-26-20-17-4-2-3-5-19(17)30-21(20)23(29)27-22/h2-7,12,15,25H,8-11,13H2,1H3,(H,26,27,29). The van der Waals surface area contributed by atoms with Crippen LogP contribution in [-0.2, 0) is 6.54 Å². The Labute approximate surface area is 178 Å². The second-order valence-electron chi connectivity index (χ2n) is 7.96. The molecule has 2 aromatic heterocycles. The molecule has 1 aliphatic rings. The third-order valence-corrected chi connectivity index (χ3v) is 6.15. The Hall–Kier alpha value is -2.67. The number of rotatable bonds is 4. The summed E-state index contributed by atoms with van der Waals surface area (Å²) in [5.41, 5.74) is 2.92. The minimum absolute atomic E-state index is 0.231. The molecule has 5 rings (SSSR count). The van der Waals surface area contributed by atoms with Gasteiger partial charge in [-0.3, -0.25) is 4.79 Å². The van der Waals surface area contributed by atoms with Crippen molar-refractivity contribution in [3.05, 3.63) is 63.4 Å². The zero-order chi connectivity index (χ0) is 20.7. The second-order valence-corrected chi connectivity index (χ2v) is 8.37. The molecule has 0 spiro atoms. The van der Waals surface area contributed by atoms with Gasteiger partial charge >= 0.3 is 0 Å². The minimum atomic E-state index is -0.310. The van der Waals surface area contributed by atoms with Gasteiger partial charge in [0.2, 0.25) is 5.58 Å². The van der Waals surface area contributed by atoms with E-state index in [1.54, 1.807) is 0 Å². The van der Waals surface area contributed by atoms with Gasteiger partial charge in [0.05, 0.1) is 5.02 Å². The van der Waals surface area contributed by atoms with Gasteiger partial charge in [0.25, 0.3) is 5.56 Å². The number of hydrogen-bond donors (Lipinski definition) is 2. The first-order valence-corrected chi connectivity index (χ1v) is 10.6. The highest BCUT2D eigenvalue weighted by atomic mass is 35.5. The molecule has 154 valence electrons. The van der Waals surface area contributed by atoms with Gasteiger partial charge in [0.15, 0.2) is 0 Å². The summed E-state index contributed by atoms with van der Waals surface area (Å²) >= 11 is 6.58. The van der Waals surface area contributed by atoms with Crippen LogP contribution in [0.4, 0.5) is 0 Å². The van der Waals surface area contributed by atoms with Crippen molar-refractivity contribution in [1.29, 1.82) is 0 Å². The number of fused-ring (bicyclic) bond motifs is 3. The van der Waals surface area contributed by atoms with Crippen LogP contribution in [0.2, 0.25) is 5.02 Å². The molecule has 3 heterocycles. The number of benzene rings is 2. The van der Waals surface area contributed by atoms with Gasteiger partial charge in [-0.25, -0.2) is 4.98 Å². The number of nitrogens with zero attached hydrogens (tertiary/aromatic N) is 2. The van der Waals surface area contributed by atoms with Crippen LogP contribution in [0.5, 0.6) is 0 Å². The Bertz CT molecular complexity index is 1270. The summed E-state index contributed by atoms with van der Waals surface area (Å²) in [7, 11) is 2.16. The Morgan fingerprint density at radius 1 is 1.23 bits per heavy atom. The fourth-order valence-corrected chi connectivity index (χ4v) is 4.36. The summed E-state index contributed by atoms with van der Waals surface area (Å²) in [6, 6.07) is 13.9. The highest BCUT2D eigenvalue weighted by Gasteiger charge is 2.17. The number of H-pyrrole nitrogens is 1. The maximum absolute atomic E-state index is 12.6. The van der Waals surface area contributed by atoms with E-state index >= 15 is 0 Å². The quantitative estimate of drug-likeness (QED) is 0.516. The van der Waals surface area contributed by atoms with E-state index in [0.717, 1.165) is 43.4 Å². The number of furan rings is 1. The average Bonchev–Trinajstić information content (AvgIpc) is 3.13. The van der Waals surface area contributed by atoms with Crippen LogP contribution in [0.1, 0.15) is 18.4 Å². The van der Waals surface area contributed by atoms with Crippen LogP contribution < -0.4 is 10.9 Å². The molecule has 6 nitrogen and oxygen atoms in total. The van der Waals surface area contributed by atoms with Crippen molar-refractivity contribution in [2.45, 2.75) is 25.4 Å². The van der Waals surface area contributed by atoms with Gasteiger partial charge in [-0.1, -0.05) is 29.8 Å². The molecule has 4 aromatic rings. The summed E-state index contributed by atoms with van der Waals surface area (Å²) in [6.07, 6.45) is 2.32. The van der Waals surface area contributed by atoms with Gasteiger partial charge in [-0.05, 0) is 62.8 Å². The average molecular weight is 423 g/mol. The van der Waals surface area contributed by atoms with Gasteiger partial charge in [-0.2, -0.15) is 0 Å². The van der Waals surface area contributed by atoms with E-state index in [9.17, 15) is 4.79 Å². The molecule has 0 saturated carbocycles. The maximum Gasteiger partial charge on any atom is 0.294 e. The third kappa shape index (κ3) is 3.62. The van der Waals surface area contributed by atoms with E-state index < -0.39 is 0 Å². The Morgan fingerprint density at radius 3 is 2.83 bits per heavy atom.